The standard InChI is InChI=1S/C28H35IN4O8/c1-6-38-21-13-18(25-24(27(35)37-5)16(4)31-28(36)32-25)9-10-20(21)41-15-23(34)33-30-14-17-11-19(29)26(40-8-3)22(12-17)39-7-2/h9-14,23,25,33-34H,6-8,15H2,1-5H3,(H2,31,32,36)/b30-14+/t23-,25-/m0/s1. The summed E-state index contributed by atoms with van der Waals surface area (Å²) >= 11 is 2.18. The summed E-state index contributed by atoms with van der Waals surface area (Å²) in [7, 11) is 1.28. The highest BCUT2D eigenvalue weighted by atomic mass is 127. The molecule has 0 saturated heterocycles. The van der Waals surface area contributed by atoms with E-state index in [1.807, 2.05) is 32.9 Å². The van der Waals surface area contributed by atoms with Crippen molar-refractivity contribution in [3.63, 3.8) is 0 Å². The Hall–Kier alpha value is -3.72. The number of hydrogen-bond acceptors (Lipinski definition) is 10. The third-order valence-electron chi connectivity index (χ3n) is 5.73. The second-order valence-corrected chi connectivity index (χ2v) is 9.77. The highest BCUT2D eigenvalue weighted by Gasteiger charge is 2.32. The first-order chi connectivity index (χ1) is 19.7. The molecule has 0 bridgehead atoms. The number of amides is 2. The third-order valence-corrected chi connectivity index (χ3v) is 6.53. The van der Waals surface area contributed by atoms with E-state index in [4.69, 9.17) is 23.7 Å². The van der Waals surface area contributed by atoms with Crippen molar-refractivity contribution in [1.29, 1.82) is 0 Å². The Kier molecular flexibility index (Phi) is 11.9. The number of hydrazone groups is 1. The number of nitrogens with one attached hydrogen (secondary N) is 3. The largest absolute Gasteiger partial charge is 0.490 e. The van der Waals surface area contributed by atoms with Crippen LogP contribution in [0, 0.1) is 3.57 Å². The minimum atomic E-state index is -1.13. The lowest BCUT2D eigenvalue weighted by Gasteiger charge is -2.28. The van der Waals surface area contributed by atoms with Gasteiger partial charge in [-0.1, -0.05) is 6.07 Å². The molecular formula is C28H35IN4O8. The summed E-state index contributed by atoms with van der Waals surface area (Å²) < 4.78 is 28.7. The molecule has 41 heavy (non-hydrogen) atoms. The lowest BCUT2D eigenvalue weighted by Crippen LogP contribution is -2.45. The average Bonchev–Trinajstić information content (AvgIpc) is 2.93. The number of aliphatic hydroxyl groups excluding tert-OH is 1. The average molecular weight is 683 g/mol. The first-order valence-corrected chi connectivity index (χ1v) is 14.1. The van der Waals surface area contributed by atoms with Gasteiger partial charge in [-0.2, -0.15) is 5.10 Å². The number of allylic oxidation sites excluding steroid dienone is 1. The van der Waals surface area contributed by atoms with E-state index in [2.05, 4.69) is 43.8 Å². The van der Waals surface area contributed by atoms with Crippen LogP contribution >= 0.6 is 22.6 Å². The predicted molar refractivity (Wildman–Crippen MR) is 160 cm³/mol. The van der Waals surface area contributed by atoms with Gasteiger partial charge in [0.1, 0.15) is 6.61 Å². The molecule has 1 aliphatic heterocycles. The van der Waals surface area contributed by atoms with Gasteiger partial charge in [-0.15, -0.1) is 0 Å². The van der Waals surface area contributed by atoms with Crippen LogP contribution < -0.4 is 35.0 Å². The maximum absolute atomic E-state index is 12.4. The molecular weight excluding hydrogens is 647 g/mol. The van der Waals surface area contributed by atoms with E-state index >= 15 is 0 Å². The van der Waals surface area contributed by atoms with E-state index in [1.165, 1.54) is 7.11 Å². The van der Waals surface area contributed by atoms with Gasteiger partial charge in [-0.25, -0.2) is 9.59 Å². The first kappa shape index (κ1) is 31.8. The number of esters is 1. The summed E-state index contributed by atoms with van der Waals surface area (Å²) in [4.78, 5) is 24.5. The molecule has 0 aliphatic carbocycles. The normalized spacial score (nSPS) is 15.6. The number of nitrogens with zero attached hydrogens (tertiary/aromatic N) is 1. The second-order valence-electron chi connectivity index (χ2n) is 8.61. The molecule has 13 heteroatoms. The number of benzene rings is 2. The minimum Gasteiger partial charge on any atom is -0.490 e. The van der Waals surface area contributed by atoms with Crippen LogP contribution in [-0.2, 0) is 9.53 Å². The smallest absolute Gasteiger partial charge is 0.337 e. The molecule has 3 rings (SSSR count). The minimum absolute atomic E-state index is 0.141. The van der Waals surface area contributed by atoms with E-state index in [9.17, 15) is 14.7 Å². The summed E-state index contributed by atoms with van der Waals surface area (Å²) in [6.45, 7) is 8.46. The molecule has 222 valence electrons. The zero-order valence-electron chi connectivity index (χ0n) is 23.6. The zero-order chi connectivity index (χ0) is 29.9. The summed E-state index contributed by atoms with van der Waals surface area (Å²) in [6.07, 6.45) is 0.430. The van der Waals surface area contributed by atoms with Gasteiger partial charge in [0.15, 0.2) is 29.2 Å². The SMILES string of the molecule is CCOc1cc([C@@H]2NC(=O)NC(C)=C2C(=O)OC)ccc1OC[C@H](O)N/N=C/c1cc(I)c(OCC)c(OCC)c1. The van der Waals surface area contributed by atoms with Crippen LogP contribution in [0.5, 0.6) is 23.0 Å². The van der Waals surface area contributed by atoms with Gasteiger partial charge >= 0.3 is 12.0 Å². The number of hydrogen-bond donors (Lipinski definition) is 4. The van der Waals surface area contributed by atoms with Crippen molar-refractivity contribution < 1.29 is 38.4 Å². The molecule has 0 radical (unpaired) electrons. The zero-order valence-corrected chi connectivity index (χ0v) is 25.7. The summed E-state index contributed by atoms with van der Waals surface area (Å²) in [6, 6.07) is 7.53. The highest BCUT2D eigenvalue weighted by molar-refractivity contribution is 14.1. The summed E-state index contributed by atoms with van der Waals surface area (Å²) in [5.74, 6) is 1.47. The molecule has 4 N–H and O–H groups in total. The van der Waals surface area contributed by atoms with Gasteiger partial charge in [0, 0.05) is 5.70 Å². The van der Waals surface area contributed by atoms with Crippen molar-refractivity contribution in [3.8, 4) is 23.0 Å². The van der Waals surface area contributed by atoms with Gasteiger partial charge in [0.25, 0.3) is 0 Å². The van der Waals surface area contributed by atoms with Crippen LogP contribution in [0.4, 0.5) is 4.79 Å². The lowest BCUT2D eigenvalue weighted by atomic mass is 9.95. The number of methoxy groups -OCH3 is 1. The van der Waals surface area contributed by atoms with E-state index in [0.29, 0.717) is 54.1 Å². The number of carbonyl (C=O) groups excluding carboxylic acids is 2. The van der Waals surface area contributed by atoms with Crippen LogP contribution in [0.3, 0.4) is 0 Å². The molecule has 0 unspecified atom stereocenters. The van der Waals surface area contributed by atoms with Crippen LogP contribution in [-0.4, -0.2) is 63.1 Å². The molecule has 0 fully saturated rings. The van der Waals surface area contributed by atoms with Crippen LogP contribution in [0.15, 0.2) is 46.7 Å². The van der Waals surface area contributed by atoms with Crippen molar-refractivity contribution >= 4 is 40.8 Å². The number of rotatable bonds is 14. The van der Waals surface area contributed by atoms with Crippen molar-refractivity contribution in [2.45, 2.75) is 40.0 Å². The molecule has 2 aromatic carbocycles. The van der Waals surface area contributed by atoms with Gasteiger partial charge in [-0.3, -0.25) is 5.43 Å². The molecule has 1 aliphatic rings. The van der Waals surface area contributed by atoms with E-state index < -0.39 is 24.3 Å². The molecule has 2 atom stereocenters. The number of carbonyl (C=O) groups is 2. The Morgan fingerprint density at radius 3 is 2.46 bits per heavy atom. The van der Waals surface area contributed by atoms with Gasteiger partial charge in [-0.05, 0) is 85.7 Å². The fourth-order valence-electron chi connectivity index (χ4n) is 4.03. The Bertz CT molecular complexity index is 1300. The molecule has 2 aromatic rings. The molecule has 0 aromatic heterocycles. The number of urea groups is 1. The maximum Gasteiger partial charge on any atom is 0.337 e. The summed E-state index contributed by atoms with van der Waals surface area (Å²) in [5.41, 5.74) is 4.66. The molecule has 0 saturated carbocycles. The first-order valence-electron chi connectivity index (χ1n) is 13.0. The van der Waals surface area contributed by atoms with Crippen LogP contribution in [0.1, 0.15) is 44.9 Å². The van der Waals surface area contributed by atoms with E-state index in [1.54, 1.807) is 31.3 Å². The van der Waals surface area contributed by atoms with Gasteiger partial charge < -0.3 is 39.4 Å². The van der Waals surface area contributed by atoms with Crippen LogP contribution in [0.2, 0.25) is 0 Å². The topological polar surface area (TPSA) is 149 Å². The Balaban J connectivity index is 1.70. The lowest BCUT2D eigenvalue weighted by molar-refractivity contribution is -0.136. The van der Waals surface area contributed by atoms with Crippen molar-refractivity contribution in [1.82, 2.24) is 16.1 Å². The highest BCUT2D eigenvalue weighted by Crippen LogP contribution is 2.35. The molecule has 1 heterocycles. The Morgan fingerprint density at radius 2 is 1.78 bits per heavy atom. The fourth-order valence-corrected chi connectivity index (χ4v) is 4.81. The monoisotopic (exact) mass is 682 g/mol. The molecule has 2 amide bonds. The quantitative estimate of drug-likeness (QED) is 0.0771. The number of aliphatic hydroxyl groups is 1. The van der Waals surface area contributed by atoms with E-state index in [-0.39, 0.29) is 12.2 Å². The number of halogens is 1. The van der Waals surface area contributed by atoms with Gasteiger partial charge in [0.2, 0.25) is 0 Å². The molecule has 0 spiro atoms. The predicted octanol–water partition coefficient (Wildman–Crippen LogP) is 3.61. The van der Waals surface area contributed by atoms with Gasteiger partial charge in [0.05, 0.1) is 48.3 Å². The Labute approximate surface area is 252 Å². The third kappa shape index (κ3) is 8.39. The summed E-state index contributed by atoms with van der Waals surface area (Å²) in [5, 5.41) is 19.9. The number of ether oxygens (including phenoxy) is 5. The molecule has 12 nitrogen and oxygen atoms in total. The second kappa shape index (κ2) is 15.3. The van der Waals surface area contributed by atoms with Crippen molar-refractivity contribution in [2.24, 2.45) is 5.10 Å². The Morgan fingerprint density at radius 1 is 1.07 bits per heavy atom. The van der Waals surface area contributed by atoms with E-state index in [0.717, 1.165) is 9.13 Å². The fraction of sp³-hybridized carbons (Fsp3) is 0.393. The van der Waals surface area contributed by atoms with Crippen molar-refractivity contribution in [2.75, 3.05) is 33.5 Å². The van der Waals surface area contributed by atoms with Crippen molar-refractivity contribution in [3.05, 3.63) is 56.3 Å². The van der Waals surface area contributed by atoms with Crippen LogP contribution in [0.25, 0.3) is 0 Å². The maximum atomic E-state index is 12.4.